The van der Waals surface area contributed by atoms with Gasteiger partial charge in [-0.05, 0) is 49.3 Å². The van der Waals surface area contributed by atoms with Crippen molar-refractivity contribution in [3.05, 3.63) is 47.0 Å². The molecule has 0 N–H and O–H groups in total. The molecule has 26 heavy (non-hydrogen) atoms. The highest BCUT2D eigenvalue weighted by Gasteiger charge is 2.61. The van der Waals surface area contributed by atoms with E-state index in [-0.39, 0.29) is 35.8 Å². The van der Waals surface area contributed by atoms with Crippen LogP contribution in [0.5, 0.6) is 0 Å². The van der Waals surface area contributed by atoms with Gasteiger partial charge in [0.25, 0.3) is 0 Å². The predicted octanol–water partition coefficient (Wildman–Crippen LogP) is 4.93. The van der Waals surface area contributed by atoms with Crippen molar-refractivity contribution in [2.45, 2.75) is 54.1 Å². The number of hydrogen-bond donors (Lipinski definition) is 0. The molecule has 4 heteroatoms. The van der Waals surface area contributed by atoms with Crippen LogP contribution in [0.25, 0.3) is 0 Å². The van der Waals surface area contributed by atoms with E-state index in [1.165, 1.54) is 5.57 Å². The highest BCUT2D eigenvalue weighted by molar-refractivity contribution is 5.89. The van der Waals surface area contributed by atoms with Crippen molar-refractivity contribution in [3.8, 4) is 0 Å². The first-order chi connectivity index (χ1) is 12.3. The molecule has 0 bridgehead atoms. The summed E-state index contributed by atoms with van der Waals surface area (Å²) in [5.74, 6) is -0.369. The molecule has 0 aliphatic heterocycles. The highest BCUT2D eigenvalue weighted by atomic mass is 16.5. The van der Waals surface area contributed by atoms with Gasteiger partial charge in [0.2, 0.25) is 0 Å². The number of carbonyl (C=O) groups excluding carboxylic acids is 2. The molecule has 0 spiro atoms. The summed E-state index contributed by atoms with van der Waals surface area (Å²) >= 11 is 0. The lowest BCUT2D eigenvalue weighted by molar-refractivity contribution is -0.147. The van der Waals surface area contributed by atoms with Crippen molar-refractivity contribution >= 4 is 11.9 Å². The van der Waals surface area contributed by atoms with E-state index in [4.69, 9.17) is 9.47 Å². The zero-order valence-corrected chi connectivity index (χ0v) is 16.5. The van der Waals surface area contributed by atoms with Gasteiger partial charge < -0.3 is 9.47 Å². The molecule has 142 valence electrons. The van der Waals surface area contributed by atoms with Crippen LogP contribution in [-0.4, -0.2) is 18.5 Å². The Morgan fingerprint density at radius 3 is 2.58 bits per heavy atom. The number of hydrogen-bond acceptors (Lipinski definition) is 4. The van der Waals surface area contributed by atoms with Gasteiger partial charge in [-0.3, -0.25) is 4.79 Å². The van der Waals surface area contributed by atoms with Crippen LogP contribution in [0.4, 0.5) is 0 Å². The standard InChI is InChI=1S/C22H30O4/c1-6-7-11-25-20(23)17-10-8-9-16(13-17)14-26-21(24)19-18(12-15(2)3)22(19,4)5/h8-10,12-13,18-19H,6-7,11,14H2,1-5H3/t18-,19-/m0/s1. The molecule has 0 radical (unpaired) electrons. The van der Waals surface area contributed by atoms with Gasteiger partial charge in [-0.25, -0.2) is 4.79 Å². The molecule has 0 amide bonds. The van der Waals surface area contributed by atoms with Crippen molar-refractivity contribution in [1.29, 1.82) is 0 Å². The van der Waals surface area contributed by atoms with Crippen molar-refractivity contribution in [3.63, 3.8) is 0 Å². The number of rotatable bonds is 8. The number of ether oxygens (including phenoxy) is 2. The van der Waals surface area contributed by atoms with Crippen LogP contribution < -0.4 is 0 Å². The molecule has 0 heterocycles. The van der Waals surface area contributed by atoms with Crippen LogP contribution in [0, 0.1) is 17.3 Å². The molecule has 2 rings (SSSR count). The van der Waals surface area contributed by atoms with Crippen molar-refractivity contribution in [1.82, 2.24) is 0 Å². The maximum absolute atomic E-state index is 12.4. The SMILES string of the molecule is CCCCOC(=O)c1cccc(COC(=O)[C@@H]2[C@H](C=C(C)C)C2(C)C)c1. The van der Waals surface area contributed by atoms with E-state index in [2.05, 4.69) is 19.9 Å². The van der Waals surface area contributed by atoms with Crippen LogP contribution in [0.1, 0.15) is 63.4 Å². The molecule has 0 saturated heterocycles. The highest BCUT2D eigenvalue weighted by Crippen LogP contribution is 2.59. The van der Waals surface area contributed by atoms with Gasteiger partial charge in [0, 0.05) is 0 Å². The maximum Gasteiger partial charge on any atom is 0.338 e. The average molecular weight is 358 g/mol. The molecular formula is C22H30O4. The Labute approximate surface area is 156 Å². The maximum atomic E-state index is 12.4. The summed E-state index contributed by atoms with van der Waals surface area (Å²) in [6, 6.07) is 7.08. The monoisotopic (exact) mass is 358 g/mol. The van der Waals surface area contributed by atoms with Crippen LogP contribution in [0.15, 0.2) is 35.9 Å². The van der Waals surface area contributed by atoms with E-state index >= 15 is 0 Å². The summed E-state index contributed by atoms with van der Waals surface area (Å²) in [4.78, 5) is 24.5. The lowest BCUT2D eigenvalue weighted by Gasteiger charge is -2.08. The van der Waals surface area contributed by atoms with E-state index < -0.39 is 0 Å². The van der Waals surface area contributed by atoms with Crippen LogP contribution in [0.2, 0.25) is 0 Å². The Morgan fingerprint density at radius 1 is 1.19 bits per heavy atom. The first-order valence-electron chi connectivity index (χ1n) is 9.35. The van der Waals surface area contributed by atoms with Crippen LogP contribution in [-0.2, 0) is 20.9 Å². The molecule has 0 unspecified atom stereocenters. The first-order valence-corrected chi connectivity index (χ1v) is 9.35. The number of carbonyl (C=O) groups is 2. The van der Waals surface area contributed by atoms with Crippen molar-refractivity contribution in [2.24, 2.45) is 17.3 Å². The van der Waals surface area contributed by atoms with E-state index in [1.54, 1.807) is 18.2 Å². The Kier molecular flexibility index (Phi) is 6.63. The molecule has 1 aromatic rings. The minimum Gasteiger partial charge on any atom is -0.462 e. The second kappa shape index (κ2) is 8.52. The van der Waals surface area contributed by atoms with Gasteiger partial charge in [0.15, 0.2) is 0 Å². The summed E-state index contributed by atoms with van der Waals surface area (Å²) in [6.07, 6.45) is 3.99. The Balaban J connectivity index is 1.92. The fourth-order valence-electron chi connectivity index (χ4n) is 3.22. The van der Waals surface area contributed by atoms with Gasteiger partial charge in [-0.1, -0.05) is 51.0 Å². The molecule has 1 aliphatic rings. The van der Waals surface area contributed by atoms with Gasteiger partial charge in [0.05, 0.1) is 18.1 Å². The second-order valence-electron chi connectivity index (χ2n) is 7.87. The molecule has 1 saturated carbocycles. The lowest BCUT2D eigenvalue weighted by atomic mass is 10.1. The molecule has 0 aromatic heterocycles. The zero-order chi connectivity index (χ0) is 19.3. The van der Waals surface area contributed by atoms with Crippen molar-refractivity contribution < 1.29 is 19.1 Å². The van der Waals surface area contributed by atoms with Gasteiger partial charge >= 0.3 is 11.9 Å². The number of unbranched alkanes of at least 4 members (excludes halogenated alkanes) is 1. The van der Waals surface area contributed by atoms with E-state index in [0.717, 1.165) is 18.4 Å². The summed E-state index contributed by atoms with van der Waals surface area (Å²) in [7, 11) is 0. The van der Waals surface area contributed by atoms with E-state index in [9.17, 15) is 9.59 Å². The molecule has 2 atom stereocenters. The summed E-state index contributed by atoms with van der Waals surface area (Å²) in [5.41, 5.74) is 2.44. The molecule has 1 aliphatic carbocycles. The van der Waals surface area contributed by atoms with Crippen molar-refractivity contribution in [2.75, 3.05) is 6.61 Å². The minimum absolute atomic E-state index is 0.0563. The second-order valence-corrected chi connectivity index (χ2v) is 7.87. The number of esters is 2. The van der Waals surface area contributed by atoms with Gasteiger partial charge in [0.1, 0.15) is 6.61 Å². The summed E-state index contributed by atoms with van der Waals surface area (Å²) in [6.45, 7) is 10.9. The number of allylic oxidation sites excluding steroid dienone is 2. The van der Waals surface area contributed by atoms with Gasteiger partial charge in [-0.2, -0.15) is 0 Å². The average Bonchev–Trinajstić information content (AvgIpc) is 3.12. The topological polar surface area (TPSA) is 52.6 Å². The Morgan fingerprint density at radius 2 is 1.92 bits per heavy atom. The molecule has 1 aromatic carbocycles. The Bertz CT molecular complexity index is 683. The third kappa shape index (κ3) is 4.96. The molecular weight excluding hydrogens is 328 g/mol. The largest absolute Gasteiger partial charge is 0.462 e. The van der Waals surface area contributed by atoms with E-state index in [1.807, 2.05) is 26.8 Å². The first kappa shape index (κ1) is 20.2. The Hall–Kier alpha value is -2.10. The smallest absolute Gasteiger partial charge is 0.338 e. The van der Waals surface area contributed by atoms with E-state index in [0.29, 0.717) is 12.2 Å². The lowest BCUT2D eigenvalue weighted by Crippen LogP contribution is -2.11. The van der Waals surface area contributed by atoms with Crippen LogP contribution in [0.3, 0.4) is 0 Å². The molecule has 4 nitrogen and oxygen atoms in total. The third-order valence-electron chi connectivity index (χ3n) is 4.95. The van der Waals surface area contributed by atoms with Gasteiger partial charge in [-0.15, -0.1) is 0 Å². The molecule has 1 fully saturated rings. The third-order valence-corrected chi connectivity index (χ3v) is 4.95. The quantitative estimate of drug-likeness (QED) is 0.376. The summed E-state index contributed by atoms with van der Waals surface area (Å²) < 4.78 is 10.7. The zero-order valence-electron chi connectivity index (χ0n) is 16.5. The normalized spacial score (nSPS) is 20.2. The predicted molar refractivity (Wildman–Crippen MR) is 102 cm³/mol. The fourth-order valence-corrected chi connectivity index (χ4v) is 3.22. The van der Waals surface area contributed by atoms with Crippen LogP contribution >= 0.6 is 0 Å². The number of benzene rings is 1. The minimum atomic E-state index is -0.335. The summed E-state index contributed by atoms with van der Waals surface area (Å²) in [5, 5.41) is 0. The fraction of sp³-hybridized carbons (Fsp3) is 0.545.